The van der Waals surface area contributed by atoms with Crippen molar-refractivity contribution in [3.8, 4) is 11.5 Å². The minimum atomic E-state index is -1.00. The molecule has 0 radical (unpaired) electrons. The average Bonchev–Trinajstić information content (AvgIpc) is 3.19. The minimum Gasteiger partial charge on any atom is -0.493 e. The molecule has 0 fully saturated rings. The highest BCUT2D eigenvalue weighted by Gasteiger charge is 2.38. The summed E-state index contributed by atoms with van der Waals surface area (Å²) in [5, 5.41) is 5.43. The summed E-state index contributed by atoms with van der Waals surface area (Å²) in [6, 6.07) is 14.5. The molecule has 0 aliphatic carbocycles. The number of amides is 2. The first-order chi connectivity index (χ1) is 16.8. The monoisotopic (exact) mass is 478 g/mol. The Kier molecular flexibility index (Phi) is 6.72. The summed E-state index contributed by atoms with van der Waals surface area (Å²) in [6.07, 6.45) is -0.231. The molecule has 1 atom stereocenters. The summed E-state index contributed by atoms with van der Waals surface area (Å²) >= 11 is 0. The van der Waals surface area contributed by atoms with Crippen LogP contribution in [0.15, 0.2) is 58.1 Å². The van der Waals surface area contributed by atoms with Crippen LogP contribution in [0.5, 0.6) is 11.5 Å². The van der Waals surface area contributed by atoms with E-state index in [-0.39, 0.29) is 30.9 Å². The van der Waals surface area contributed by atoms with Gasteiger partial charge in [0.15, 0.2) is 11.5 Å². The predicted molar refractivity (Wildman–Crippen MR) is 129 cm³/mol. The van der Waals surface area contributed by atoms with Crippen molar-refractivity contribution in [2.45, 2.75) is 25.4 Å². The maximum absolute atomic E-state index is 12.9. The molecule has 0 spiro atoms. The summed E-state index contributed by atoms with van der Waals surface area (Å²) in [4.78, 5) is 51.3. The lowest BCUT2D eigenvalue weighted by atomic mass is 9.99. The average molecular weight is 479 g/mol. The standard InChI is InChI=1S/C25H26N4O6/c1-28-24(32)21-17(12-20(30)26-13-16-9-10-18(34-2)19(11-16)35-3)23(31)27-22(21)29(25(28)33)14-15-7-5-4-6-8-15/h4-11,17H,12-14H2,1-3H3,(H,26,30)(H,27,31). The second-order valence-corrected chi connectivity index (χ2v) is 8.19. The number of carbonyl (C=O) groups excluding carboxylic acids is 2. The van der Waals surface area contributed by atoms with Crippen LogP contribution in [-0.2, 0) is 29.7 Å². The third-order valence-electron chi connectivity index (χ3n) is 6.00. The molecule has 2 aromatic carbocycles. The molecule has 2 N–H and O–H groups in total. The molecule has 1 unspecified atom stereocenters. The van der Waals surface area contributed by atoms with E-state index in [0.29, 0.717) is 11.5 Å². The first-order valence-corrected chi connectivity index (χ1v) is 11.0. The molecule has 1 aliphatic rings. The quantitative estimate of drug-likeness (QED) is 0.504. The van der Waals surface area contributed by atoms with Gasteiger partial charge in [0.05, 0.1) is 32.2 Å². The van der Waals surface area contributed by atoms with E-state index < -0.39 is 29.0 Å². The van der Waals surface area contributed by atoms with Crippen molar-refractivity contribution in [3.63, 3.8) is 0 Å². The molecule has 0 saturated heterocycles. The van der Waals surface area contributed by atoms with E-state index in [0.717, 1.165) is 15.7 Å². The number of rotatable bonds is 8. The minimum absolute atomic E-state index is 0.120. The third kappa shape index (κ3) is 4.68. The molecule has 1 aliphatic heterocycles. The second-order valence-electron chi connectivity index (χ2n) is 8.19. The summed E-state index contributed by atoms with van der Waals surface area (Å²) in [5.41, 5.74) is 0.594. The molecule has 10 heteroatoms. The summed E-state index contributed by atoms with van der Waals surface area (Å²) in [5.74, 6) is -0.662. The molecule has 2 heterocycles. The second kappa shape index (κ2) is 9.88. The molecule has 1 aromatic heterocycles. The zero-order valence-electron chi connectivity index (χ0n) is 19.7. The molecular formula is C25H26N4O6. The smallest absolute Gasteiger partial charge is 0.332 e. The van der Waals surface area contributed by atoms with E-state index in [4.69, 9.17) is 9.47 Å². The maximum atomic E-state index is 12.9. The molecule has 0 bridgehead atoms. The topological polar surface area (TPSA) is 121 Å². The number of hydrogen-bond donors (Lipinski definition) is 2. The van der Waals surface area contributed by atoms with Crippen LogP contribution < -0.4 is 31.4 Å². The van der Waals surface area contributed by atoms with Gasteiger partial charge < -0.3 is 20.1 Å². The largest absolute Gasteiger partial charge is 0.493 e. The van der Waals surface area contributed by atoms with Crippen molar-refractivity contribution in [3.05, 3.63) is 86.1 Å². The van der Waals surface area contributed by atoms with Crippen molar-refractivity contribution in [1.82, 2.24) is 14.5 Å². The number of nitrogens with one attached hydrogen (secondary N) is 2. The first-order valence-electron chi connectivity index (χ1n) is 11.0. The predicted octanol–water partition coefficient (Wildman–Crippen LogP) is 1.35. The Balaban J connectivity index is 1.56. The summed E-state index contributed by atoms with van der Waals surface area (Å²) in [6.45, 7) is 0.376. The van der Waals surface area contributed by atoms with Gasteiger partial charge in [-0.15, -0.1) is 0 Å². The zero-order chi connectivity index (χ0) is 25.1. The number of hydrogen-bond acceptors (Lipinski definition) is 6. The van der Waals surface area contributed by atoms with E-state index in [9.17, 15) is 19.2 Å². The van der Waals surface area contributed by atoms with Gasteiger partial charge >= 0.3 is 5.69 Å². The van der Waals surface area contributed by atoms with Gasteiger partial charge in [0.1, 0.15) is 5.82 Å². The summed E-state index contributed by atoms with van der Waals surface area (Å²) in [7, 11) is 4.42. The molecule has 10 nitrogen and oxygen atoms in total. The van der Waals surface area contributed by atoms with E-state index in [1.54, 1.807) is 18.2 Å². The van der Waals surface area contributed by atoms with Crippen LogP contribution in [0.2, 0.25) is 0 Å². The van der Waals surface area contributed by atoms with Crippen LogP contribution in [0.25, 0.3) is 0 Å². The highest BCUT2D eigenvalue weighted by molar-refractivity contribution is 6.04. The van der Waals surface area contributed by atoms with Gasteiger partial charge in [0.2, 0.25) is 11.8 Å². The van der Waals surface area contributed by atoms with Crippen molar-refractivity contribution in [1.29, 1.82) is 0 Å². The lowest BCUT2D eigenvalue weighted by Gasteiger charge is -2.14. The van der Waals surface area contributed by atoms with Gasteiger partial charge in [-0.25, -0.2) is 4.79 Å². The van der Waals surface area contributed by atoms with Crippen LogP contribution >= 0.6 is 0 Å². The van der Waals surface area contributed by atoms with Crippen molar-refractivity contribution >= 4 is 17.6 Å². The molecule has 4 rings (SSSR count). The number of ether oxygens (including phenoxy) is 2. The third-order valence-corrected chi connectivity index (χ3v) is 6.00. The highest BCUT2D eigenvalue weighted by atomic mass is 16.5. The normalized spacial score (nSPS) is 14.3. The first kappa shape index (κ1) is 23.8. The molecule has 35 heavy (non-hydrogen) atoms. The Hall–Kier alpha value is -4.34. The van der Waals surface area contributed by atoms with Gasteiger partial charge in [-0.1, -0.05) is 36.4 Å². The lowest BCUT2D eigenvalue weighted by Crippen LogP contribution is -2.40. The van der Waals surface area contributed by atoms with Gasteiger partial charge in [-0.2, -0.15) is 0 Å². The van der Waals surface area contributed by atoms with Crippen LogP contribution in [0.3, 0.4) is 0 Å². The lowest BCUT2D eigenvalue weighted by molar-refractivity contribution is -0.125. The number of methoxy groups -OCH3 is 2. The fourth-order valence-corrected chi connectivity index (χ4v) is 4.13. The molecule has 0 saturated carbocycles. The van der Waals surface area contributed by atoms with E-state index in [2.05, 4.69) is 10.6 Å². The van der Waals surface area contributed by atoms with Crippen molar-refractivity contribution in [2.75, 3.05) is 19.5 Å². The molecule has 182 valence electrons. The van der Waals surface area contributed by atoms with Crippen LogP contribution in [-0.4, -0.2) is 35.2 Å². The maximum Gasteiger partial charge on any atom is 0.332 e. The Labute approximate surface area is 201 Å². The van der Waals surface area contributed by atoms with Gasteiger partial charge in [-0.05, 0) is 23.3 Å². The van der Waals surface area contributed by atoms with Gasteiger partial charge in [0, 0.05) is 20.0 Å². The number of nitrogens with zero attached hydrogens (tertiary/aromatic N) is 2. The van der Waals surface area contributed by atoms with Crippen molar-refractivity contribution in [2.24, 2.45) is 7.05 Å². The number of fused-ring (bicyclic) bond motifs is 1. The molecule has 2 amide bonds. The molecular weight excluding hydrogens is 452 g/mol. The number of carbonyl (C=O) groups is 2. The number of anilines is 1. The Morgan fingerprint density at radius 1 is 1.00 bits per heavy atom. The number of benzene rings is 2. The van der Waals surface area contributed by atoms with E-state index in [1.807, 2.05) is 30.3 Å². The van der Waals surface area contributed by atoms with Crippen LogP contribution in [0.4, 0.5) is 5.82 Å². The van der Waals surface area contributed by atoms with E-state index >= 15 is 0 Å². The van der Waals surface area contributed by atoms with E-state index in [1.165, 1.54) is 25.8 Å². The van der Waals surface area contributed by atoms with Gasteiger partial charge in [0.25, 0.3) is 5.56 Å². The number of aromatic nitrogens is 2. The Morgan fingerprint density at radius 3 is 2.40 bits per heavy atom. The zero-order valence-corrected chi connectivity index (χ0v) is 19.7. The SMILES string of the molecule is COc1ccc(CNC(=O)CC2C(=O)Nc3c2c(=O)n(C)c(=O)n3Cc2ccccc2)cc1OC. The Bertz CT molecular complexity index is 1390. The van der Waals surface area contributed by atoms with Crippen LogP contribution in [0, 0.1) is 0 Å². The van der Waals surface area contributed by atoms with Crippen molar-refractivity contribution < 1.29 is 19.1 Å². The molecule has 3 aromatic rings. The van der Waals surface area contributed by atoms with Gasteiger partial charge in [-0.3, -0.25) is 23.5 Å². The fraction of sp³-hybridized carbons (Fsp3) is 0.280. The highest BCUT2D eigenvalue weighted by Crippen LogP contribution is 2.32. The Morgan fingerprint density at radius 2 is 1.71 bits per heavy atom. The fourth-order valence-electron chi connectivity index (χ4n) is 4.13. The summed E-state index contributed by atoms with van der Waals surface area (Å²) < 4.78 is 12.8. The van der Waals surface area contributed by atoms with Crippen LogP contribution in [0.1, 0.15) is 29.0 Å².